The largest absolute Gasteiger partial charge is 0.457 e. The van der Waals surface area contributed by atoms with Gasteiger partial charge in [-0.2, -0.15) is 0 Å². The number of carbonyl (C=O) groups excluding carboxylic acids is 2. The summed E-state index contributed by atoms with van der Waals surface area (Å²) in [5.41, 5.74) is 12.2. The van der Waals surface area contributed by atoms with Gasteiger partial charge < -0.3 is 26.0 Å². The van der Waals surface area contributed by atoms with Crippen molar-refractivity contribution in [3.05, 3.63) is 24.3 Å². The van der Waals surface area contributed by atoms with Crippen molar-refractivity contribution < 1.29 is 24.2 Å². The van der Waals surface area contributed by atoms with Gasteiger partial charge in [-0.1, -0.05) is 141 Å². The van der Waals surface area contributed by atoms with E-state index in [2.05, 4.69) is 38.2 Å². The zero-order valence-electron chi connectivity index (χ0n) is 32.6. The zero-order chi connectivity index (χ0) is 36.0. The van der Waals surface area contributed by atoms with E-state index in [-0.39, 0.29) is 55.5 Å². The molecule has 0 radical (unpaired) electrons. The van der Waals surface area contributed by atoms with Crippen LogP contribution < -0.4 is 11.5 Å². The van der Waals surface area contributed by atoms with Gasteiger partial charge in [0.15, 0.2) is 12.2 Å². The topological polar surface area (TPSA) is 125 Å². The van der Waals surface area contributed by atoms with Gasteiger partial charge in [0.2, 0.25) is 0 Å². The van der Waals surface area contributed by atoms with Crippen molar-refractivity contribution in [1.29, 1.82) is 0 Å². The Balaban J connectivity index is 0. The number of aliphatic hydroxyl groups is 1. The summed E-state index contributed by atoms with van der Waals surface area (Å²) in [4.78, 5) is 25.3. The average molecular weight is 821 g/mol. The normalized spacial score (nSPS) is 13.4. The van der Waals surface area contributed by atoms with E-state index >= 15 is 0 Å². The van der Waals surface area contributed by atoms with E-state index in [1.54, 1.807) is 0 Å². The molecule has 3 unspecified atom stereocenters. The molecule has 0 aromatic rings. The highest BCUT2D eigenvalue weighted by atomic mass is 127. The molecule has 0 aromatic carbocycles. The molecule has 0 aliphatic carbocycles. The first-order chi connectivity index (χ1) is 24.0. The number of carbonyl (C=O) groups is 2. The Hall–Kier alpha value is -0.970. The lowest BCUT2D eigenvalue weighted by molar-refractivity contribution is -0.169. The minimum absolute atomic E-state index is 0. The third-order valence-corrected chi connectivity index (χ3v) is 9.32. The Morgan fingerprint density at radius 1 is 0.560 bits per heavy atom. The number of hydrogen-bond acceptors (Lipinski definition) is 7. The maximum atomic E-state index is 12.7. The van der Waals surface area contributed by atoms with Gasteiger partial charge in [-0.15, -0.1) is 24.0 Å². The lowest BCUT2D eigenvalue weighted by Crippen LogP contribution is -2.51. The summed E-state index contributed by atoms with van der Waals surface area (Å²) in [6.07, 6.45) is 39.5. The molecule has 0 spiro atoms. The van der Waals surface area contributed by atoms with E-state index < -0.39 is 18.2 Å². The van der Waals surface area contributed by atoms with Crippen molar-refractivity contribution in [2.24, 2.45) is 11.5 Å². The number of allylic oxidation sites excluding steroid dienone is 4. The predicted molar refractivity (Wildman–Crippen MR) is 223 cm³/mol. The molecule has 0 aliphatic rings. The first kappa shape index (κ1) is 51.1. The maximum Gasteiger partial charge on any atom is 0.306 e. The third-order valence-electron chi connectivity index (χ3n) is 9.32. The van der Waals surface area contributed by atoms with Crippen LogP contribution in [0.5, 0.6) is 0 Å². The molecule has 7 nitrogen and oxygen atoms in total. The summed E-state index contributed by atoms with van der Waals surface area (Å²) >= 11 is 0. The molecule has 0 saturated heterocycles. The summed E-state index contributed by atoms with van der Waals surface area (Å²) in [7, 11) is 0. The summed E-state index contributed by atoms with van der Waals surface area (Å²) in [5.74, 6) is -0.703. The fourth-order valence-corrected chi connectivity index (χ4v) is 6.12. The van der Waals surface area contributed by atoms with Gasteiger partial charge in [0.1, 0.15) is 0 Å². The van der Waals surface area contributed by atoms with Crippen molar-refractivity contribution in [2.45, 2.75) is 218 Å². The van der Waals surface area contributed by atoms with Crippen LogP contribution in [0, 0.1) is 0 Å². The lowest BCUT2D eigenvalue weighted by Gasteiger charge is -2.30. The Kier molecular flexibility index (Phi) is 41.7. The number of nitrogens with two attached hydrogens (primary N) is 2. The summed E-state index contributed by atoms with van der Waals surface area (Å²) in [6, 6.07) is -0.663. The van der Waals surface area contributed by atoms with E-state index in [0.29, 0.717) is 12.8 Å². The van der Waals surface area contributed by atoms with Crippen LogP contribution in [-0.2, 0) is 19.1 Å². The Labute approximate surface area is 325 Å². The van der Waals surface area contributed by atoms with E-state index in [1.165, 1.54) is 103 Å². The molecule has 296 valence electrons. The quantitative estimate of drug-likeness (QED) is 0.0247. The molecule has 0 bridgehead atoms. The molecule has 5 N–H and O–H groups in total. The zero-order valence-corrected chi connectivity index (χ0v) is 34.9. The average Bonchev–Trinajstić information content (AvgIpc) is 3.09. The van der Waals surface area contributed by atoms with Gasteiger partial charge in [0.05, 0.1) is 0 Å². The fourth-order valence-electron chi connectivity index (χ4n) is 6.12. The smallest absolute Gasteiger partial charge is 0.306 e. The Morgan fingerprint density at radius 3 is 1.26 bits per heavy atom. The maximum absolute atomic E-state index is 12.7. The highest BCUT2D eigenvalue weighted by Crippen LogP contribution is 2.16. The lowest BCUT2D eigenvalue weighted by atomic mass is 10.0. The van der Waals surface area contributed by atoms with E-state index in [4.69, 9.17) is 20.9 Å². The molecule has 0 aliphatic heterocycles. The summed E-state index contributed by atoms with van der Waals surface area (Å²) in [6.45, 7) is 4.36. The summed E-state index contributed by atoms with van der Waals surface area (Å²) in [5, 5.41) is 9.44. The second-order valence-corrected chi connectivity index (χ2v) is 14.1. The van der Waals surface area contributed by atoms with Crippen LogP contribution in [0.4, 0.5) is 0 Å². The van der Waals surface area contributed by atoms with Crippen LogP contribution in [-0.4, -0.2) is 48.4 Å². The first-order valence-corrected chi connectivity index (χ1v) is 20.7. The van der Waals surface area contributed by atoms with Gasteiger partial charge in [0, 0.05) is 32.0 Å². The van der Waals surface area contributed by atoms with Gasteiger partial charge in [-0.05, 0) is 70.6 Å². The van der Waals surface area contributed by atoms with Crippen LogP contribution in [0.2, 0.25) is 0 Å². The molecule has 50 heavy (non-hydrogen) atoms. The van der Waals surface area contributed by atoms with E-state index in [0.717, 1.165) is 64.2 Å². The molecule has 0 amide bonds. The number of rotatable bonds is 37. The molecule has 0 heterocycles. The van der Waals surface area contributed by atoms with Crippen molar-refractivity contribution in [3.8, 4) is 0 Å². The van der Waals surface area contributed by atoms with Crippen LogP contribution in [0.3, 0.4) is 0 Å². The van der Waals surface area contributed by atoms with Crippen LogP contribution in [0.15, 0.2) is 24.3 Å². The minimum atomic E-state index is -0.870. The third kappa shape index (κ3) is 34.1. The van der Waals surface area contributed by atoms with Crippen LogP contribution in [0.1, 0.15) is 200 Å². The number of aliphatic hydroxyl groups excluding tert-OH is 1. The van der Waals surface area contributed by atoms with Gasteiger partial charge in [-0.3, -0.25) is 9.59 Å². The molecule has 0 rings (SSSR count). The van der Waals surface area contributed by atoms with Crippen molar-refractivity contribution in [1.82, 2.24) is 0 Å². The summed E-state index contributed by atoms with van der Waals surface area (Å²) < 4.78 is 11.4. The SMILES string of the molecule is CCCCCCCCC=CCCCCCCCC(=O)OC(CN)C(OC(=O)CCCCCCCC=CCCCCCCCC)C(N)CCO.I. The number of esters is 2. The number of ether oxygens (including phenoxy) is 2. The Morgan fingerprint density at radius 2 is 0.900 bits per heavy atom. The van der Waals surface area contributed by atoms with E-state index in [1.807, 2.05) is 0 Å². The van der Waals surface area contributed by atoms with E-state index in [9.17, 15) is 14.7 Å². The molecule has 0 saturated carbocycles. The molecule has 0 fully saturated rings. The molecular formula is C42H81IN2O5. The molecule has 0 aromatic heterocycles. The molecular weight excluding hydrogens is 739 g/mol. The van der Waals surface area contributed by atoms with Gasteiger partial charge >= 0.3 is 11.9 Å². The number of unbranched alkanes of at least 4 members (excludes halogenated alkanes) is 22. The van der Waals surface area contributed by atoms with Crippen LogP contribution >= 0.6 is 24.0 Å². The monoisotopic (exact) mass is 821 g/mol. The standard InChI is InChI=1S/C42H80N2O5.HI/c1-3-5-7-9-11-13-15-17-19-21-23-25-27-29-31-33-40(46)48-39(37-43)42(38(44)35-36-45)49-41(47)34-32-30-28-26-24-22-20-18-16-14-12-10-8-6-4-2;/h17-20,38-39,42,45H,3-16,21-37,43-44H2,1-2H3;1H. The van der Waals surface area contributed by atoms with Crippen molar-refractivity contribution >= 4 is 35.9 Å². The highest BCUT2D eigenvalue weighted by Gasteiger charge is 2.32. The predicted octanol–water partition coefficient (Wildman–Crippen LogP) is 11.2. The number of halogens is 1. The van der Waals surface area contributed by atoms with Crippen molar-refractivity contribution in [3.63, 3.8) is 0 Å². The minimum Gasteiger partial charge on any atom is -0.457 e. The molecule has 8 heteroatoms. The second kappa shape index (κ2) is 40.8. The van der Waals surface area contributed by atoms with Gasteiger partial charge in [0.25, 0.3) is 0 Å². The van der Waals surface area contributed by atoms with Gasteiger partial charge in [-0.25, -0.2) is 0 Å². The second-order valence-electron chi connectivity index (χ2n) is 14.1. The highest BCUT2D eigenvalue weighted by molar-refractivity contribution is 14.0. The number of hydrogen-bond donors (Lipinski definition) is 3. The van der Waals surface area contributed by atoms with Crippen LogP contribution in [0.25, 0.3) is 0 Å². The molecule has 3 atom stereocenters. The Bertz CT molecular complexity index is 794. The van der Waals surface area contributed by atoms with Crippen molar-refractivity contribution in [2.75, 3.05) is 13.2 Å². The first-order valence-electron chi connectivity index (χ1n) is 20.7. The fraction of sp³-hybridized carbons (Fsp3) is 0.857.